The molecular weight excluding hydrogens is 246 g/mol. The van der Waals surface area contributed by atoms with E-state index in [9.17, 15) is 0 Å². The molecular formula is C17H19N3. The van der Waals surface area contributed by atoms with Crippen LogP contribution in [0.15, 0.2) is 42.5 Å². The van der Waals surface area contributed by atoms with Gasteiger partial charge in [-0.25, -0.2) is 4.98 Å². The molecule has 3 nitrogen and oxygen atoms in total. The van der Waals surface area contributed by atoms with Gasteiger partial charge in [0.15, 0.2) is 0 Å². The van der Waals surface area contributed by atoms with Gasteiger partial charge < -0.3 is 10.3 Å². The molecule has 0 aliphatic rings. The quantitative estimate of drug-likeness (QED) is 0.727. The number of para-hydroxylation sites is 2. The van der Waals surface area contributed by atoms with Gasteiger partial charge in [0.25, 0.3) is 0 Å². The molecule has 2 aromatic carbocycles. The maximum atomic E-state index is 5.91. The van der Waals surface area contributed by atoms with Crippen LogP contribution in [0, 0.1) is 6.92 Å². The number of benzene rings is 2. The minimum atomic E-state index is 0.826. The van der Waals surface area contributed by atoms with Gasteiger partial charge in [0.2, 0.25) is 0 Å². The molecule has 102 valence electrons. The zero-order valence-electron chi connectivity index (χ0n) is 11.9. The molecule has 1 heterocycles. The molecule has 0 bridgehead atoms. The molecule has 0 aliphatic carbocycles. The van der Waals surface area contributed by atoms with Crippen molar-refractivity contribution in [3.8, 4) is 11.4 Å². The van der Waals surface area contributed by atoms with E-state index in [1.807, 2.05) is 19.1 Å². The monoisotopic (exact) mass is 265 g/mol. The van der Waals surface area contributed by atoms with Crippen molar-refractivity contribution >= 4 is 16.7 Å². The van der Waals surface area contributed by atoms with Gasteiger partial charge in [0.1, 0.15) is 5.82 Å². The maximum Gasteiger partial charge on any atom is 0.141 e. The topological polar surface area (TPSA) is 43.8 Å². The number of nitrogen functional groups attached to an aromatic ring is 1. The van der Waals surface area contributed by atoms with Crippen LogP contribution in [0.5, 0.6) is 0 Å². The van der Waals surface area contributed by atoms with Crippen LogP contribution in [-0.2, 0) is 6.54 Å². The van der Waals surface area contributed by atoms with E-state index >= 15 is 0 Å². The normalized spacial score (nSPS) is 11.1. The van der Waals surface area contributed by atoms with Gasteiger partial charge >= 0.3 is 0 Å². The summed E-state index contributed by atoms with van der Waals surface area (Å²) in [6, 6.07) is 14.4. The Bertz CT molecular complexity index is 756. The van der Waals surface area contributed by atoms with Crippen molar-refractivity contribution in [2.45, 2.75) is 26.8 Å². The molecule has 0 radical (unpaired) electrons. The van der Waals surface area contributed by atoms with Gasteiger partial charge in [-0.1, -0.05) is 19.1 Å². The standard InChI is InChI=1S/C17H19N3/c1-3-10-20-16-7-5-4-6-15(16)19-17(20)13-8-9-14(18)12(2)11-13/h4-9,11H,3,10,18H2,1-2H3. The summed E-state index contributed by atoms with van der Waals surface area (Å²) in [5.74, 6) is 1.02. The summed E-state index contributed by atoms with van der Waals surface area (Å²) in [6.07, 6.45) is 1.08. The summed E-state index contributed by atoms with van der Waals surface area (Å²) in [6.45, 7) is 5.19. The number of hydrogen-bond donors (Lipinski definition) is 1. The molecule has 3 rings (SSSR count). The average Bonchev–Trinajstić information content (AvgIpc) is 2.82. The summed E-state index contributed by atoms with van der Waals surface area (Å²) in [5, 5.41) is 0. The van der Waals surface area contributed by atoms with Gasteiger partial charge in [-0.2, -0.15) is 0 Å². The molecule has 1 aromatic heterocycles. The van der Waals surface area contributed by atoms with E-state index in [1.54, 1.807) is 0 Å². The Labute approximate surface area is 119 Å². The van der Waals surface area contributed by atoms with Crippen LogP contribution in [-0.4, -0.2) is 9.55 Å². The van der Waals surface area contributed by atoms with E-state index in [4.69, 9.17) is 10.7 Å². The zero-order valence-corrected chi connectivity index (χ0v) is 11.9. The van der Waals surface area contributed by atoms with E-state index < -0.39 is 0 Å². The fraction of sp³-hybridized carbons (Fsp3) is 0.235. The van der Waals surface area contributed by atoms with Crippen LogP contribution in [0.4, 0.5) is 5.69 Å². The Balaban J connectivity index is 2.23. The highest BCUT2D eigenvalue weighted by Crippen LogP contribution is 2.27. The van der Waals surface area contributed by atoms with Crippen LogP contribution in [0.2, 0.25) is 0 Å². The van der Waals surface area contributed by atoms with Crippen molar-refractivity contribution in [3.63, 3.8) is 0 Å². The van der Waals surface area contributed by atoms with Crippen molar-refractivity contribution < 1.29 is 0 Å². The lowest BCUT2D eigenvalue weighted by Gasteiger charge is -2.09. The lowest BCUT2D eigenvalue weighted by Crippen LogP contribution is -2.00. The maximum absolute atomic E-state index is 5.91. The van der Waals surface area contributed by atoms with Crippen molar-refractivity contribution in [2.75, 3.05) is 5.73 Å². The van der Waals surface area contributed by atoms with E-state index in [-0.39, 0.29) is 0 Å². The summed E-state index contributed by atoms with van der Waals surface area (Å²) in [4.78, 5) is 4.79. The Morgan fingerprint density at radius 2 is 1.95 bits per heavy atom. The van der Waals surface area contributed by atoms with E-state index in [1.165, 1.54) is 5.52 Å². The largest absolute Gasteiger partial charge is 0.399 e. The summed E-state index contributed by atoms with van der Waals surface area (Å²) in [5.41, 5.74) is 11.2. The minimum Gasteiger partial charge on any atom is -0.399 e. The van der Waals surface area contributed by atoms with Crippen LogP contribution in [0.25, 0.3) is 22.4 Å². The summed E-state index contributed by atoms with van der Waals surface area (Å²) >= 11 is 0. The molecule has 0 saturated heterocycles. The number of hydrogen-bond acceptors (Lipinski definition) is 2. The first kappa shape index (κ1) is 12.7. The van der Waals surface area contributed by atoms with Crippen molar-refractivity contribution in [1.29, 1.82) is 0 Å². The number of nitrogens with two attached hydrogens (primary N) is 1. The highest BCUT2D eigenvalue weighted by Gasteiger charge is 2.12. The average molecular weight is 265 g/mol. The molecule has 0 unspecified atom stereocenters. The van der Waals surface area contributed by atoms with Crippen LogP contribution < -0.4 is 5.73 Å². The smallest absolute Gasteiger partial charge is 0.141 e. The van der Waals surface area contributed by atoms with E-state index in [0.29, 0.717) is 0 Å². The predicted octanol–water partition coefficient (Wildman–Crippen LogP) is 4.00. The third kappa shape index (κ3) is 2.05. The van der Waals surface area contributed by atoms with Gasteiger partial charge in [0, 0.05) is 17.8 Å². The summed E-state index contributed by atoms with van der Waals surface area (Å²) < 4.78 is 2.29. The number of nitrogens with zero attached hydrogens (tertiary/aromatic N) is 2. The molecule has 2 N–H and O–H groups in total. The van der Waals surface area contributed by atoms with Crippen LogP contribution >= 0.6 is 0 Å². The first-order chi connectivity index (χ1) is 9.70. The van der Waals surface area contributed by atoms with Crippen molar-refractivity contribution in [2.24, 2.45) is 0 Å². The predicted molar refractivity (Wildman–Crippen MR) is 84.6 cm³/mol. The molecule has 20 heavy (non-hydrogen) atoms. The Morgan fingerprint density at radius 3 is 2.70 bits per heavy atom. The molecule has 3 aromatic rings. The Kier molecular flexibility index (Phi) is 3.18. The SMILES string of the molecule is CCCn1c(-c2ccc(N)c(C)c2)nc2ccccc21. The minimum absolute atomic E-state index is 0.826. The molecule has 0 fully saturated rings. The number of anilines is 1. The van der Waals surface area contributed by atoms with Crippen molar-refractivity contribution in [1.82, 2.24) is 9.55 Å². The molecule has 0 spiro atoms. The second kappa shape index (κ2) is 5.00. The number of imidazole rings is 1. The fourth-order valence-corrected chi connectivity index (χ4v) is 2.56. The van der Waals surface area contributed by atoms with Gasteiger partial charge in [-0.15, -0.1) is 0 Å². The first-order valence-electron chi connectivity index (χ1n) is 7.02. The second-order valence-corrected chi connectivity index (χ2v) is 5.15. The van der Waals surface area contributed by atoms with Gasteiger partial charge in [-0.3, -0.25) is 0 Å². The molecule has 0 saturated carbocycles. The lowest BCUT2D eigenvalue weighted by molar-refractivity contribution is 0.704. The number of rotatable bonds is 3. The van der Waals surface area contributed by atoms with Gasteiger partial charge in [0.05, 0.1) is 11.0 Å². The van der Waals surface area contributed by atoms with Crippen LogP contribution in [0.3, 0.4) is 0 Å². The first-order valence-corrected chi connectivity index (χ1v) is 7.02. The molecule has 3 heteroatoms. The lowest BCUT2D eigenvalue weighted by atomic mass is 10.1. The third-order valence-corrected chi connectivity index (χ3v) is 3.63. The highest BCUT2D eigenvalue weighted by molar-refractivity contribution is 5.81. The Morgan fingerprint density at radius 1 is 1.15 bits per heavy atom. The van der Waals surface area contributed by atoms with Gasteiger partial charge in [-0.05, 0) is 49.2 Å². The van der Waals surface area contributed by atoms with E-state index in [0.717, 1.165) is 41.1 Å². The van der Waals surface area contributed by atoms with Crippen molar-refractivity contribution in [3.05, 3.63) is 48.0 Å². The number of aromatic nitrogens is 2. The Hall–Kier alpha value is -2.29. The molecule has 0 aliphatic heterocycles. The zero-order chi connectivity index (χ0) is 14.1. The molecule has 0 atom stereocenters. The summed E-state index contributed by atoms with van der Waals surface area (Å²) in [7, 11) is 0. The number of fused-ring (bicyclic) bond motifs is 1. The highest BCUT2D eigenvalue weighted by atomic mass is 15.1. The number of aryl methyl sites for hydroxylation is 2. The van der Waals surface area contributed by atoms with Crippen LogP contribution in [0.1, 0.15) is 18.9 Å². The third-order valence-electron chi connectivity index (χ3n) is 3.63. The molecule has 0 amide bonds. The van der Waals surface area contributed by atoms with E-state index in [2.05, 4.69) is 41.8 Å². The fourth-order valence-electron chi connectivity index (χ4n) is 2.56. The second-order valence-electron chi connectivity index (χ2n) is 5.15.